The smallest absolute Gasteiger partial charge is 0.230 e. The number of rotatable bonds is 2. The lowest BCUT2D eigenvalue weighted by atomic mass is 9.71. The first kappa shape index (κ1) is 15.8. The highest BCUT2D eigenvalue weighted by Gasteiger charge is 2.42. The first-order chi connectivity index (χ1) is 9.39. The van der Waals surface area contributed by atoms with Crippen molar-refractivity contribution in [1.82, 2.24) is 4.90 Å². The summed E-state index contributed by atoms with van der Waals surface area (Å²) in [5.41, 5.74) is 6.13. The molecule has 3 nitrogen and oxygen atoms in total. The van der Waals surface area contributed by atoms with Crippen LogP contribution in [0, 0.1) is 16.7 Å². The summed E-state index contributed by atoms with van der Waals surface area (Å²) >= 11 is 0. The van der Waals surface area contributed by atoms with Gasteiger partial charge < -0.3 is 10.6 Å². The lowest BCUT2D eigenvalue weighted by Crippen LogP contribution is -2.52. The van der Waals surface area contributed by atoms with Gasteiger partial charge in [0.25, 0.3) is 0 Å². The van der Waals surface area contributed by atoms with Gasteiger partial charge in [-0.3, -0.25) is 4.79 Å². The second-order valence-electron chi connectivity index (χ2n) is 7.98. The third-order valence-corrected chi connectivity index (χ3v) is 5.66. The molecule has 1 amide bonds. The van der Waals surface area contributed by atoms with Crippen LogP contribution in [-0.2, 0) is 4.79 Å². The van der Waals surface area contributed by atoms with Crippen molar-refractivity contribution in [1.29, 1.82) is 0 Å². The molecular weight excluding hydrogens is 248 g/mol. The van der Waals surface area contributed by atoms with Crippen LogP contribution in [-0.4, -0.2) is 30.4 Å². The van der Waals surface area contributed by atoms with E-state index in [2.05, 4.69) is 25.7 Å². The van der Waals surface area contributed by atoms with Crippen molar-refractivity contribution in [3.05, 3.63) is 0 Å². The lowest BCUT2D eigenvalue weighted by molar-refractivity contribution is -0.145. The maximum atomic E-state index is 12.9. The maximum Gasteiger partial charge on any atom is 0.230 e. The van der Waals surface area contributed by atoms with E-state index in [1.165, 1.54) is 19.3 Å². The van der Waals surface area contributed by atoms with Gasteiger partial charge in [0, 0.05) is 19.6 Å². The number of carbonyl (C=O) groups is 1. The van der Waals surface area contributed by atoms with E-state index in [0.717, 1.165) is 44.7 Å². The Morgan fingerprint density at radius 1 is 1.15 bits per heavy atom. The highest BCUT2D eigenvalue weighted by molar-refractivity contribution is 5.83. The molecule has 116 valence electrons. The summed E-state index contributed by atoms with van der Waals surface area (Å²) < 4.78 is 0. The Labute approximate surface area is 124 Å². The molecule has 0 bridgehead atoms. The fourth-order valence-corrected chi connectivity index (χ4v) is 4.02. The predicted octanol–water partition coefficient (Wildman–Crippen LogP) is 3.18. The molecule has 2 aliphatic rings. The molecule has 0 radical (unpaired) electrons. The topological polar surface area (TPSA) is 46.3 Å². The van der Waals surface area contributed by atoms with E-state index < -0.39 is 0 Å². The molecule has 1 aliphatic heterocycles. The van der Waals surface area contributed by atoms with Crippen LogP contribution in [0.5, 0.6) is 0 Å². The Hall–Kier alpha value is -0.570. The van der Waals surface area contributed by atoms with E-state index >= 15 is 0 Å². The first-order valence-corrected chi connectivity index (χ1v) is 8.38. The van der Waals surface area contributed by atoms with Crippen LogP contribution in [0.2, 0.25) is 0 Å². The van der Waals surface area contributed by atoms with E-state index in [0.29, 0.717) is 17.9 Å². The quantitative estimate of drug-likeness (QED) is 0.844. The molecule has 1 heterocycles. The van der Waals surface area contributed by atoms with Crippen molar-refractivity contribution >= 4 is 5.91 Å². The van der Waals surface area contributed by atoms with Crippen LogP contribution >= 0.6 is 0 Å². The zero-order valence-electron chi connectivity index (χ0n) is 13.6. The van der Waals surface area contributed by atoms with Gasteiger partial charge in [-0.1, -0.05) is 40.0 Å². The lowest BCUT2D eigenvalue weighted by Gasteiger charge is -2.43. The van der Waals surface area contributed by atoms with E-state index in [4.69, 9.17) is 5.73 Å². The third kappa shape index (κ3) is 3.19. The zero-order chi connectivity index (χ0) is 14.8. The van der Waals surface area contributed by atoms with E-state index in [9.17, 15) is 4.79 Å². The summed E-state index contributed by atoms with van der Waals surface area (Å²) in [6.45, 7) is 9.35. The molecule has 1 saturated heterocycles. The van der Waals surface area contributed by atoms with E-state index in [1.54, 1.807) is 0 Å². The number of nitrogens with two attached hydrogens (primary N) is 1. The number of nitrogens with zero attached hydrogens (tertiary/aromatic N) is 1. The largest absolute Gasteiger partial charge is 0.342 e. The SMILES string of the molecule is CC(C)(C)C1CCN(C(=O)C2(CN)CCCCC2)CC1. The van der Waals surface area contributed by atoms with Gasteiger partial charge in [-0.2, -0.15) is 0 Å². The average Bonchev–Trinajstić information content (AvgIpc) is 2.46. The number of piperidine rings is 1. The molecule has 0 spiro atoms. The number of likely N-dealkylation sites (tertiary alicyclic amines) is 1. The molecule has 0 unspecified atom stereocenters. The molecule has 2 rings (SSSR count). The molecule has 2 fully saturated rings. The number of hydrogen-bond acceptors (Lipinski definition) is 2. The average molecular weight is 280 g/mol. The fourth-order valence-electron chi connectivity index (χ4n) is 4.02. The summed E-state index contributed by atoms with van der Waals surface area (Å²) in [5, 5.41) is 0. The Morgan fingerprint density at radius 3 is 2.15 bits per heavy atom. The van der Waals surface area contributed by atoms with Crippen LogP contribution in [0.25, 0.3) is 0 Å². The van der Waals surface area contributed by atoms with Crippen molar-refractivity contribution in [2.24, 2.45) is 22.5 Å². The standard InChI is InChI=1S/C17H32N2O/c1-16(2,3)14-7-11-19(12-8-14)15(20)17(13-18)9-5-4-6-10-17/h14H,4-13,18H2,1-3H3. The summed E-state index contributed by atoms with van der Waals surface area (Å²) in [7, 11) is 0. The number of carbonyl (C=O) groups excluding carboxylic acids is 1. The molecule has 0 aromatic carbocycles. The summed E-state index contributed by atoms with van der Waals surface area (Å²) in [6.07, 6.45) is 7.90. The summed E-state index contributed by atoms with van der Waals surface area (Å²) in [4.78, 5) is 15.0. The van der Waals surface area contributed by atoms with E-state index in [1.807, 2.05) is 0 Å². The van der Waals surface area contributed by atoms with Gasteiger partial charge in [-0.25, -0.2) is 0 Å². The van der Waals surface area contributed by atoms with Crippen LogP contribution < -0.4 is 5.73 Å². The molecule has 0 atom stereocenters. The first-order valence-electron chi connectivity index (χ1n) is 8.38. The van der Waals surface area contributed by atoms with Crippen molar-refractivity contribution < 1.29 is 4.79 Å². The number of amides is 1. The molecule has 0 aromatic heterocycles. The van der Waals surface area contributed by atoms with Crippen molar-refractivity contribution in [2.75, 3.05) is 19.6 Å². The van der Waals surface area contributed by atoms with Crippen molar-refractivity contribution in [3.8, 4) is 0 Å². The minimum atomic E-state index is -0.229. The minimum Gasteiger partial charge on any atom is -0.342 e. The minimum absolute atomic E-state index is 0.229. The maximum absolute atomic E-state index is 12.9. The van der Waals surface area contributed by atoms with Gasteiger partial charge in [-0.15, -0.1) is 0 Å². The van der Waals surface area contributed by atoms with Crippen molar-refractivity contribution in [3.63, 3.8) is 0 Å². The highest BCUT2D eigenvalue weighted by Crippen LogP contribution is 2.39. The Morgan fingerprint density at radius 2 is 1.70 bits per heavy atom. The molecule has 3 heteroatoms. The van der Waals surface area contributed by atoms with Gasteiger partial charge in [0.05, 0.1) is 5.41 Å². The second kappa shape index (κ2) is 6.05. The van der Waals surface area contributed by atoms with Crippen molar-refractivity contribution in [2.45, 2.75) is 65.7 Å². The monoisotopic (exact) mass is 280 g/mol. The zero-order valence-corrected chi connectivity index (χ0v) is 13.6. The molecular formula is C17H32N2O. The third-order valence-electron chi connectivity index (χ3n) is 5.66. The Bertz CT molecular complexity index is 331. The normalized spacial score (nSPS) is 24.7. The second-order valence-corrected chi connectivity index (χ2v) is 7.98. The molecule has 1 saturated carbocycles. The van der Waals surface area contributed by atoms with Crippen LogP contribution in [0.3, 0.4) is 0 Å². The molecule has 0 aromatic rings. The molecule has 1 aliphatic carbocycles. The summed E-state index contributed by atoms with van der Waals surface area (Å²) in [5.74, 6) is 1.10. The van der Waals surface area contributed by atoms with Crippen LogP contribution in [0.4, 0.5) is 0 Å². The van der Waals surface area contributed by atoms with Gasteiger partial charge in [0.2, 0.25) is 5.91 Å². The van der Waals surface area contributed by atoms with Gasteiger partial charge in [0.1, 0.15) is 0 Å². The predicted molar refractivity (Wildman–Crippen MR) is 83.3 cm³/mol. The molecule has 20 heavy (non-hydrogen) atoms. The van der Waals surface area contributed by atoms with Crippen LogP contribution in [0.15, 0.2) is 0 Å². The Balaban J connectivity index is 1.97. The molecule has 2 N–H and O–H groups in total. The Kier molecular flexibility index (Phi) is 4.78. The van der Waals surface area contributed by atoms with Gasteiger partial charge in [0.15, 0.2) is 0 Å². The van der Waals surface area contributed by atoms with Crippen LogP contribution in [0.1, 0.15) is 65.7 Å². The summed E-state index contributed by atoms with van der Waals surface area (Å²) in [6, 6.07) is 0. The van der Waals surface area contributed by atoms with Gasteiger partial charge >= 0.3 is 0 Å². The fraction of sp³-hybridized carbons (Fsp3) is 0.941. The van der Waals surface area contributed by atoms with E-state index in [-0.39, 0.29) is 5.41 Å². The van der Waals surface area contributed by atoms with Gasteiger partial charge in [-0.05, 0) is 37.0 Å². The highest BCUT2D eigenvalue weighted by atomic mass is 16.2. The number of hydrogen-bond donors (Lipinski definition) is 1.